The molecule has 0 saturated carbocycles. The average molecular weight is 263 g/mol. The molecule has 18 heavy (non-hydrogen) atoms. The molecule has 1 atom stereocenters. The van der Waals surface area contributed by atoms with Crippen LogP contribution in [0.3, 0.4) is 0 Å². The summed E-state index contributed by atoms with van der Waals surface area (Å²) in [6.45, 7) is 3.83. The normalized spacial score (nSPS) is 12.1. The molecule has 94 valence electrons. The molecule has 0 saturated heterocycles. The highest BCUT2D eigenvalue weighted by Crippen LogP contribution is 2.19. The fraction of sp³-hybridized carbons (Fsp3) is 0.250. The van der Waals surface area contributed by atoms with Crippen LogP contribution in [0.5, 0.6) is 0 Å². The summed E-state index contributed by atoms with van der Waals surface area (Å²) in [5, 5.41) is 3.66. The van der Waals surface area contributed by atoms with E-state index in [0.29, 0.717) is 5.56 Å². The Morgan fingerprint density at radius 1 is 1.56 bits per heavy atom. The van der Waals surface area contributed by atoms with Gasteiger partial charge in [0, 0.05) is 28.9 Å². The molecular formula is C12H13N3O2S. The molecule has 1 unspecified atom stereocenters. The Balaban J connectivity index is 2.10. The monoisotopic (exact) mass is 263 g/mol. The van der Waals surface area contributed by atoms with Crippen molar-refractivity contribution in [1.29, 1.82) is 0 Å². The number of H-pyrrole nitrogens is 1. The van der Waals surface area contributed by atoms with Crippen LogP contribution in [0.25, 0.3) is 0 Å². The average Bonchev–Trinajstić information content (AvgIpc) is 2.76. The number of aromatic amines is 1. The Morgan fingerprint density at radius 3 is 2.94 bits per heavy atom. The first-order valence-electron chi connectivity index (χ1n) is 5.48. The van der Waals surface area contributed by atoms with Gasteiger partial charge in [0.05, 0.1) is 6.04 Å². The van der Waals surface area contributed by atoms with E-state index in [4.69, 9.17) is 0 Å². The van der Waals surface area contributed by atoms with Crippen molar-refractivity contribution < 1.29 is 4.79 Å². The van der Waals surface area contributed by atoms with E-state index in [9.17, 15) is 9.59 Å². The van der Waals surface area contributed by atoms with E-state index < -0.39 is 0 Å². The lowest BCUT2D eigenvalue weighted by atomic mass is 10.2. The molecule has 1 amide bonds. The molecule has 0 aromatic carbocycles. The smallest absolute Gasteiger partial charge is 0.252 e. The molecule has 0 aliphatic heterocycles. The molecule has 5 nitrogen and oxygen atoms in total. The summed E-state index contributed by atoms with van der Waals surface area (Å²) in [6, 6.07) is 2.67. The van der Waals surface area contributed by atoms with E-state index in [1.165, 1.54) is 12.3 Å². The van der Waals surface area contributed by atoms with E-state index in [1.54, 1.807) is 23.6 Å². The fourth-order valence-corrected chi connectivity index (χ4v) is 2.28. The van der Waals surface area contributed by atoms with Crippen molar-refractivity contribution in [2.75, 3.05) is 0 Å². The molecule has 2 rings (SSSR count). The Labute approximate surface area is 108 Å². The Morgan fingerprint density at radius 2 is 2.33 bits per heavy atom. The largest absolute Gasteiger partial charge is 0.343 e. The van der Waals surface area contributed by atoms with E-state index in [-0.39, 0.29) is 17.5 Å². The standard InChI is InChI=1S/C12H13N3O2S/c1-7-6-14-12(18-7)8(2)15-11(17)9-3-4-13-10(16)5-9/h3-6,8H,1-2H3,(H,13,16)(H,15,17). The summed E-state index contributed by atoms with van der Waals surface area (Å²) in [5.74, 6) is -0.276. The third kappa shape index (κ3) is 2.84. The molecular weight excluding hydrogens is 250 g/mol. The third-order valence-electron chi connectivity index (χ3n) is 2.39. The van der Waals surface area contributed by atoms with Gasteiger partial charge in [0.15, 0.2) is 0 Å². The number of nitrogens with one attached hydrogen (secondary N) is 2. The third-order valence-corrected chi connectivity index (χ3v) is 3.49. The van der Waals surface area contributed by atoms with Crippen LogP contribution in [0.2, 0.25) is 0 Å². The van der Waals surface area contributed by atoms with Gasteiger partial charge in [-0.2, -0.15) is 0 Å². The number of rotatable bonds is 3. The zero-order valence-corrected chi connectivity index (χ0v) is 10.9. The molecule has 0 aliphatic rings. The topological polar surface area (TPSA) is 74.8 Å². The van der Waals surface area contributed by atoms with Gasteiger partial charge in [0.1, 0.15) is 5.01 Å². The number of nitrogens with zero attached hydrogens (tertiary/aromatic N) is 1. The molecule has 0 aliphatic carbocycles. The molecule has 2 aromatic rings. The minimum absolute atomic E-state index is 0.171. The number of aryl methyl sites for hydroxylation is 1. The minimum Gasteiger partial charge on any atom is -0.343 e. The van der Waals surface area contributed by atoms with E-state index in [2.05, 4.69) is 15.3 Å². The first kappa shape index (κ1) is 12.5. The van der Waals surface area contributed by atoms with Crippen molar-refractivity contribution in [3.05, 3.63) is 50.3 Å². The number of carbonyl (C=O) groups is 1. The molecule has 6 heteroatoms. The highest BCUT2D eigenvalue weighted by atomic mass is 32.1. The van der Waals surface area contributed by atoms with Crippen molar-refractivity contribution in [2.24, 2.45) is 0 Å². The van der Waals surface area contributed by atoms with E-state index in [0.717, 1.165) is 9.88 Å². The number of aromatic nitrogens is 2. The summed E-state index contributed by atoms with van der Waals surface area (Å²) >= 11 is 1.54. The van der Waals surface area contributed by atoms with Crippen molar-refractivity contribution in [3.8, 4) is 0 Å². The molecule has 2 aromatic heterocycles. The van der Waals surface area contributed by atoms with Crippen molar-refractivity contribution >= 4 is 17.2 Å². The molecule has 0 bridgehead atoms. The van der Waals surface area contributed by atoms with Crippen LogP contribution in [0.1, 0.15) is 33.2 Å². The van der Waals surface area contributed by atoms with Crippen molar-refractivity contribution in [2.45, 2.75) is 19.9 Å². The van der Waals surface area contributed by atoms with E-state index in [1.807, 2.05) is 13.8 Å². The minimum atomic E-state index is -0.291. The van der Waals surface area contributed by atoms with Gasteiger partial charge in [-0.25, -0.2) is 4.98 Å². The summed E-state index contributed by atoms with van der Waals surface area (Å²) in [6.07, 6.45) is 3.23. The van der Waals surface area contributed by atoms with Gasteiger partial charge in [-0.1, -0.05) is 0 Å². The van der Waals surface area contributed by atoms with Crippen LogP contribution < -0.4 is 10.9 Å². The maximum atomic E-state index is 11.9. The highest BCUT2D eigenvalue weighted by molar-refractivity contribution is 7.11. The first-order chi connectivity index (χ1) is 8.56. The second-order valence-corrected chi connectivity index (χ2v) is 5.21. The van der Waals surface area contributed by atoms with Gasteiger partial charge in [-0.3, -0.25) is 9.59 Å². The van der Waals surface area contributed by atoms with Gasteiger partial charge in [0.25, 0.3) is 5.91 Å². The highest BCUT2D eigenvalue weighted by Gasteiger charge is 2.14. The zero-order chi connectivity index (χ0) is 13.1. The lowest BCUT2D eigenvalue weighted by molar-refractivity contribution is 0.0939. The van der Waals surface area contributed by atoms with E-state index >= 15 is 0 Å². The fourth-order valence-electron chi connectivity index (χ4n) is 1.50. The lowest BCUT2D eigenvalue weighted by Gasteiger charge is -2.10. The van der Waals surface area contributed by atoms with Crippen LogP contribution in [0.4, 0.5) is 0 Å². The summed E-state index contributed by atoms with van der Waals surface area (Å²) in [7, 11) is 0. The number of pyridine rings is 1. The van der Waals surface area contributed by atoms with Gasteiger partial charge < -0.3 is 10.3 Å². The van der Waals surface area contributed by atoms with Crippen LogP contribution in [-0.4, -0.2) is 15.9 Å². The summed E-state index contributed by atoms with van der Waals surface area (Å²) in [5.41, 5.74) is 0.0549. The molecule has 2 heterocycles. The predicted octanol–water partition coefficient (Wildman–Crippen LogP) is 1.63. The van der Waals surface area contributed by atoms with Crippen LogP contribution in [0.15, 0.2) is 29.3 Å². The first-order valence-corrected chi connectivity index (χ1v) is 6.30. The maximum Gasteiger partial charge on any atom is 0.252 e. The number of thiazole rings is 1. The van der Waals surface area contributed by atoms with Crippen LogP contribution in [0, 0.1) is 6.92 Å². The molecule has 0 radical (unpaired) electrons. The SMILES string of the molecule is Cc1cnc(C(C)NC(=O)c2cc[nH]c(=O)c2)s1. The number of carbonyl (C=O) groups excluding carboxylic acids is 1. The second-order valence-electron chi connectivity index (χ2n) is 3.95. The molecule has 2 N–H and O–H groups in total. The predicted molar refractivity (Wildman–Crippen MR) is 69.8 cm³/mol. The van der Waals surface area contributed by atoms with Gasteiger partial charge in [0.2, 0.25) is 5.56 Å². The second kappa shape index (κ2) is 5.14. The number of hydrogen-bond donors (Lipinski definition) is 2. The molecule has 0 spiro atoms. The van der Waals surface area contributed by atoms with Gasteiger partial charge in [-0.15, -0.1) is 11.3 Å². The Bertz CT molecular complexity index is 618. The lowest BCUT2D eigenvalue weighted by Crippen LogP contribution is -2.27. The van der Waals surface area contributed by atoms with Gasteiger partial charge in [-0.05, 0) is 19.9 Å². The van der Waals surface area contributed by atoms with Crippen molar-refractivity contribution in [1.82, 2.24) is 15.3 Å². The Kier molecular flexibility index (Phi) is 3.57. The van der Waals surface area contributed by atoms with Crippen LogP contribution >= 0.6 is 11.3 Å². The van der Waals surface area contributed by atoms with Crippen molar-refractivity contribution in [3.63, 3.8) is 0 Å². The number of amides is 1. The summed E-state index contributed by atoms with van der Waals surface area (Å²) in [4.78, 5) is 30.8. The van der Waals surface area contributed by atoms with Gasteiger partial charge >= 0.3 is 0 Å². The quantitative estimate of drug-likeness (QED) is 0.883. The number of hydrogen-bond acceptors (Lipinski definition) is 4. The molecule has 0 fully saturated rings. The summed E-state index contributed by atoms with van der Waals surface area (Å²) < 4.78 is 0. The Hall–Kier alpha value is -1.95. The maximum absolute atomic E-state index is 11.9. The zero-order valence-electron chi connectivity index (χ0n) is 10.1. The van der Waals surface area contributed by atoms with Crippen LogP contribution in [-0.2, 0) is 0 Å².